The van der Waals surface area contributed by atoms with Crippen molar-refractivity contribution in [2.24, 2.45) is 0 Å². The van der Waals surface area contributed by atoms with Crippen LogP contribution in [0.1, 0.15) is 20.3 Å². The smallest absolute Gasteiger partial charge is 0.0239 e. The molecule has 0 aliphatic heterocycles. The van der Waals surface area contributed by atoms with Gasteiger partial charge in [0, 0.05) is 5.25 Å². The largest absolute Gasteiger partial charge is 0.127 e. The minimum absolute atomic E-state index is 0.586. The van der Waals surface area contributed by atoms with Crippen molar-refractivity contribution in [1.82, 2.24) is 0 Å². The van der Waals surface area contributed by atoms with Crippen LogP contribution in [-0.2, 0) is 0 Å². The van der Waals surface area contributed by atoms with Crippen LogP contribution in [0.3, 0.4) is 0 Å². The molecule has 0 bridgehead atoms. The average Bonchev–Trinajstić information content (AvgIpc) is 1.85. The normalized spacial score (nSPS) is 14.0. The summed E-state index contributed by atoms with van der Waals surface area (Å²) in [6, 6.07) is 0. The molecule has 52 valence electrons. The summed E-state index contributed by atoms with van der Waals surface area (Å²) in [5.74, 6) is 0. The first kappa shape index (κ1) is 8.83. The second-order valence-corrected chi connectivity index (χ2v) is 3.19. The molecule has 0 aromatic carbocycles. The first-order valence-corrected chi connectivity index (χ1v) is 4.18. The molecule has 0 amide bonds. The first-order valence-electron chi connectivity index (χ1n) is 3.24. The van der Waals surface area contributed by atoms with E-state index in [-0.39, 0.29) is 0 Å². The summed E-state index contributed by atoms with van der Waals surface area (Å²) in [7, 11) is 0. The molecule has 0 N–H and O–H groups in total. The Kier molecular flexibility index (Phi) is 5.85. The fourth-order valence-electron chi connectivity index (χ4n) is 0.525. The van der Waals surface area contributed by atoms with Crippen LogP contribution in [0, 0.1) is 0 Å². The fourth-order valence-corrected chi connectivity index (χ4v) is 1.03. The summed E-state index contributed by atoms with van der Waals surface area (Å²) < 4.78 is 0. The van der Waals surface area contributed by atoms with Crippen molar-refractivity contribution in [3.63, 3.8) is 0 Å². The van der Waals surface area contributed by atoms with E-state index in [9.17, 15) is 0 Å². The molecule has 0 fully saturated rings. The zero-order valence-electron chi connectivity index (χ0n) is 6.13. The van der Waals surface area contributed by atoms with Crippen molar-refractivity contribution in [3.8, 4) is 0 Å². The Labute approximate surface area is 62.0 Å². The maximum atomic E-state index is 3.64. The van der Waals surface area contributed by atoms with Crippen molar-refractivity contribution in [3.05, 3.63) is 24.1 Å². The van der Waals surface area contributed by atoms with E-state index in [1.54, 1.807) is 11.8 Å². The number of hydrogen-bond donors (Lipinski definition) is 0. The summed E-state index contributed by atoms with van der Waals surface area (Å²) in [6.07, 6.45) is 5.51. The molecular weight excluding hydrogens is 128 g/mol. The molecule has 0 aliphatic rings. The molecule has 0 saturated heterocycles. The van der Waals surface area contributed by atoms with E-state index in [4.69, 9.17) is 0 Å². The average molecular weight is 142 g/mol. The van der Waals surface area contributed by atoms with E-state index in [1.807, 2.05) is 5.41 Å². The molecular formula is C8H14S. The van der Waals surface area contributed by atoms with Gasteiger partial charge in [-0.15, -0.1) is 11.8 Å². The number of hydrogen-bond acceptors (Lipinski definition) is 1. The van der Waals surface area contributed by atoms with Crippen LogP contribution in [0.2, 0.25) is 0 Å². The van der Waals surface area contributed by atoms with E-state index in [2.05, 4.69) is 32.6 Å². The van der Waals surface area contributed by atoms with E-state index < -0.39 is 0 Å². The zero-order chi connectivity index (χ0) is 7.11. The van der Waals surface area contributed by atoms with Crippen molar-refractivity contribution in [2.75, 3.05) is 0 Å². The molecule has 1 unspecified atom stereocenters. The van der Waals surface area contributed by atoms with Crippen molar-refractivity contribution < 1.29 is 0 Å². The summed E-state index contributed by atoms with van der Waals surface area (Å²) in [5, 5.41) is 2.47. The van der Waals surface area contributed by atoms with Gasteiger partial charge in [0.1, 0.15) is 0 Å². The van der Waals surface area contributed by atoms with Gasteiger partial charge in [-0.3, -0.25) is 0 Å². The van der Waals surface area contributed by atoms with Crippen LogP contribution < -0.4 is 0 Å². The Morgan fingerprint density at radius 2 is 2.33 bits per heavy atom. The Balaban J connectivity index is 3.35. The molecule has 0 radical (unpaired) electrons. The van der Waals surface area contributed by atoms with Gasteiger partial charge in [-0.1, -0.05) is 25.7 Å². The molecule has 0 aromatic rings. The van der Waals surface area contributed by atoms with Gasteiger partial charge in [-0.05, 0) is 18.8 Å². The molecule has 0 nitrogen and oxygen atoms in total. The van der Waals surface area contributed by atoms with Crippen LogP contribution in [0.5, 0.6) is 0 Å². The second kappa shape index (κ2) is 5.96. The molecule has 0 spiro atoms. The van der Waals surface area contributed by atoms with Gasteiger partial charge in [0.15, 0.2) is 0 Å². The lowest BCUT2D eigenvalue weighted by molar-refractivity contribution is 1.17. The van der Waals surface area contributed by atoms with Crippen molar-refractivity contribution in [2.45, 2.75) is 25.5 Å². The van der Waals surface area contributed by atoms with E-state index in [0.717, 1.165) is 6.42 Å². The highest BCUT2D eigenvalue weighted by molar-refractivity contribution is 8.02. The Morgan fingerprint density at radius 1 is 1.67 bits per heavy atom. The minimum atomic E-state index is 0.586. The predicted octanol–water partition coefficient (Wildman–Crippen LogP) is 3.22. The third-order valence-corrected chi connectivity index (χ3v) is 1.73. The minimum Gasteiger partial charge on any atom is -0.127 e. The third-order valence-electron chi connectivity index (χ3n) is 0.954. The Morgan fingerprint density at radius 3 is 2.78 bits per heavy atom. The van der Waals surface area contributed by atoms with Crippen LogP contribution in [0.4, 0.5) is 0 Å². The highest BCUT2D eigenvalue weighted by atomic mass is 32.2. The van der Waals surface area contributed by atoms with Gasteiger partial charge in [0.05, 0.1) is 0 Å². The number of allylic oxidation sites excluding steroid dienone is 1. The topological polar surface area (TPSA) is 0 Å². The van der Waals surface area contributed by atoms with Crippen LogP contribution in [-0.4, -0.2) is 5.25 Å². The van der Waals surface area contributed by atoms with Gasteiger partial charge in [0.2, 0.25) is 0 Å². The van der Waals surface area contributed by atoms with Gasteiger partial charge >= 0.3 is 0 Å². The fraction of sp³-hybridized carbons (Fsp3) is 0.500. The molecule has 1 atom stereocenters. The highest BCUT2D eigenvalue weighted by Crippen LogP contribution is 2.11. The molecule has 0 heterocycles. The third kappa shape index (κ3) is 5.71. The van der Waals surface area contributed by atoms with Gasteiger partial charge < -0.3 is 0 Å². The second-order valence-electron chi connectivity index (χ2n) is 1.84. The van der Waals surface area contributed by atoms with E-state index in [0.29, 0.717) is 5.25 Å². The monoisotopic (exact) mass is 142 g/mol. The van der Waals surface area contributed by atoms with Gasteiger partial charge in [0.25, 0.3) is 0 Å². The molecule has 0 aromatic heterocycles. The van der Waals surface area contributed by atoms with Crippen molar-refractivity contribution in [1.29, 1.82) is 0 Å². The molecule has 1 heteroatoms. The van der Waals surface area contributed by atoms with Crippen LogP contribution in [0.15, 0.2) is 24.1 Å². The lowest BCUT2D eigenvalue weighted by Crippen LogP contribution is -1.84. The lowest BCUT2D eigenvalue weighted by atomic mass is 10.3. The van der Waals surface area contributed by atoms with Crippen LogP contribution >= 0.6 is 11.8 Å². The standard InChI is InChI=1S/C8H14S/c1-4-6-7-8(3)9-5-2/h5-8H,2,4H2,1,3H3. The Hall–Kier alpha value is -0.170. The molecule has 0 aliphatic carbocycles. The zero-order valence-corrected chi connectivity index (χ0v) is 6.95. The van der Waals surface area contributed by atoms with Gasteiger partial charge in [-0.25, -0.2) is 0 Å². The summed E-state index contributed by atoms with van der Waals surface area (Å²) in [4.78, 5) is 0. The Bertz CT molecular complexity index is 94.7. The van der Waals surface area contributed by atoms with E-state index >= 15 is 0 Å². The van der Waals surface area contributed by atoms with Crippen molar-refractivity contribution >= 4 is 11.8 Å². The van der Waals surface area contributed by atoms with Crippen LogP contribution in [0.25, 0.3) is 0 Å². The van der Waals surface area contributed by atoms with E-state index in [1.165, 1.54) is 0 Å². The summed E-state index contributed by atoms with van der Waals surface area (Å²) in [6.45, 7) is 7.94. The molecule has 0 saturated carbocycles. The SMILES string of the molecule is C=CSC(C)C=CCC. The van der Waals surface area contributed by atoms with Gasteiger partial charge in [-0.2, -0.15) is 0 Å². The maximum absolute atomic E-state index is 3.64. The quantitative estimate of drug-likeness (QED) is 0.543. The molecule has 0 rings (SSSR count). The first-order chi connectivity index (χ1) is 4.31. The number of rotatable bonds is 4. The highest BCUT2D eigenvalue weighted by Gasteiger charge is 1.89. The maximum Gasteiger partial charge on any atom is 0.0239 e. The predicted molar refractivity (Wildman–Crippen MR) is 46.7 cm³/mol. The number of thioether (sulfide) groups is 1. The molecule has 9 heavy (non-hydrogen) atoms. The summed E-state index contributed by atoms with van der Waals surface area (Å²) >= 11 is 1.75. The lowest BCUT2D eigenvalue weighted by Gasteiger charge is -1.97. The summed E-state index contributed by atoms with van der Waals surface area (Å²) in [5.41, 5.74) is 0.